The molecule has 0 bridgehead atoms. The Morgan fingerprint density at radius 1 is 1.04 bits per heavy atom. The maximum atomic E-state index is 10.3. The van der Waals surface area contributed by atoms with E-state index in [9.17, 15) is 10.2 Å². The lowest BCUT2D eigenvalue weighted by atomic mass is 10.2. The first-order chi connectivity index (χ1) is 12.1. The standard InChI is InChI=1S/C17H9Cl2N3O2S/c18-9-2-1-3-10(19)12(9)15-21-11-4-5-20-14(13(11)25-15)22-16(23)7-6-8(7)17(22)24/h1-5,23-24H,6H2. The zero-order valence-corrected chi connectivity index (χ0v) is 14.8. The number of pyridine rings is 1. The van der Waals surface area contributed by atoms with Crippen molar-refractivity contribution in [2.75, 3.05) is 0 Å². The number of benzene rings is 1. The third-order valence-corrected chi connectivity index (χ3v) is 5.94. The molecule has 124 valence electrons. The summed E-state index contributed by atoms with van der Waals surface area (Å²) in [6, 6.07) is 7.07. The van der Waals surface area contributed by atoms with Crippen LogP contribution < -0.4 is 0 Å². The maximum Gasteiger partial charge on any atom is 0.203 e. The van der Waals surface area contributed by atoms with Gasteiger partial charge in [0.15, 0.2) is 5.82 Å². The molecule has 0 radical (unpaired) electrons. The van der Waals surface area contributed by atoms with Crippen LogP contribution in [0.25, 0.3) is 26.6 Å². The number of thiazole rings is 1. The van der Waals surface area contributed by atoms with E-state index in [0.717, 1.165) is 15.8 Å². The number of nitrogens with zero attached hydrogens (tertiary/aromatic N) is 3. The lowest BCUT2D eigenvalue weighted by Crippen LogP contribution is -1.97. The van der Waals surface area contributed by atoms with Crippen LogP contribution in [-0.2, 0) is 6.42 Å². The summed E-state index contributed by atoms with van der Waals surface area (Å²) in [7, 11) is 0. The highest BCUT2D eigenvalue weighted by Crippen LogP contribution is 2.49. The third kappa shape index (κ3) is 2.08. The first kappa shape index (κ1) is 15.0. The number of hydrogen-bond donors (Lipinski definition) is 2. The van der Waals surface area contributed by atoms with Crippen molar-refractivity contribution in [3.8, 4) is 28.1 Å². The SMILES string of the molecule is Oc1c2c(c(O)n1-c1nccc3nc(-c4c(Cl)cccc4Cl)sc13)C2. The molecule has 5 rings (SSSR count). The van der Waals surface area contributed by atoms with E-state index in [4.69, 9.17) is 23.2 Å². The van der Waals surface area contributed by atoms with Crippen LogP contribution in [-0.4, -0.2) is 24.7 Å². The number of aromatic nitrogens is 3. The molecule has 0 spiro atoms. The molecule has 0 amide bonds. The van der Waals surface area contributed by atoms with Crippen LogP contribution in [0.2, 0.25) is 10.0 Å². The van der Waals surface area contributed by atoms with Crippen molar-refractivity contribution in [1.82, 2.24) is 14.5 Å². The van der Waals surface area contributed by atoms with E-state index in [0.29, 0.717) is 38.4 Å². The van der Waals surface area contributed by atoms with Gasteiger partial charge < -0.3 is 10.2 Å². The van der Waals surface area contributed by atoms with Crippen molar-refractivity contribution in [1.29, 1.82) is 0 Å². The van der Waals surface area contributed by atoms with Crippen LogP contribution in [0.15, 0.2) is 30.5 Å². The lowest BCUT2D eigenvalue weighted by molar-refractivity contribution is 0.395. The van der Waals surface area contributed by atoms with E-state index in [1.54, 1.807) is 30.5 Å². The lowest BCUT2D eigenvalue weighted by Gasteiger charge is -2.07. The smallest absolute Gasteiger partial charge is 0.203 e. The molecular formula is C17H9Cl2N3O2S. The molecule has 5 nitrogen and oxygen atoms in total. The minimum atomic E-state index is 0.0261. The summed E-state index contributed by atoms with van der Waals surface area (Å²) in [4.78, 5) is 8.94. The summed E-state index contributed by atoms with van der Waals surface area (Å²) < 4.78 is 2.08. The van der Waals surface area contributed by atoms with Gasteiger partial charge in [-0.2, -0.15) is 0 Å². The van der Waals surface area contributed by atoms with Crippen molar-refractivity contribution in [2.45, 2.75) is 6.42 Å². The van der Waals surface area contributed by atoms with Crippen LogP contribution in [0.3, 0.4) is 0 Å². The van der Waals surface area contributed by atoms with Gasteiger partial charge in [0.2, 0.25) is 11.8 Å². The topological polar surface area (TPSA) is 71.2 Å². The Morgan fingerprint density at radius 2 is 1.72 bits per heavy atom. The Kier molecular flexibility index (Phi) is 3.07. The van der Waals surface area contributed by atoms with Gasteiger partial charge in [-0.25, -0.2) is 14.5 Å². The number of hydrogen-bond acceptors (Lipinski definition) is 5. The molecule has 0 saturated carbocycles. The van der Waals surface area contributed by atoms with Gasteiger partial charge in [0.1, 0.15) is 5.01 Å². The van der Waals surface area contributed by atoms with Gasteiger partial charge in [-0.05, 0) is 18.2 Å². The fourth-order valence-corrected chi connectivity index (χ4v) is 4.74. The summed E-state index contributed by atoms with van der Waals surface area (Å²) in [5.74, 6) is 0.489. The molecule has 0 fully saturated rings. The molecule has 1 aliphatic carbocycles. The highest BCUT2D eigenvalue weighted by Gasteiger charge is 2.34. The highest BCUT2D eigenvalue weighted by molar-refractivity contribution is 7.22. The van der Waals surface area contributed by atoms with Crippen molar-refractivity contribution in [3.05, 3.63) is 51.6 Å². The predicted molar refractivity (Wildman–Crippen MR) is 98.3 cm³/mol. The summed E-state index contributed by atoms with van der Waals surface area (Å²) >= 11 is 13.9. The van der Waals surface area contributed by atoms with Crippen LogP contribution in [0.5, 0.6) is 11.8 Å². The molecule has 3 aromatic heterocycles. The number of rotatable bonds is 2. The van der Waals surface area contributed by atoms with Crippen molar-refractivity contribution < 1.29 is 10.2 Å². The molecule has 0 aliphatic heterocycles. The van der Waals surface area contributed by atoms with Gasteiger partial charge in [0, 0.05) is 29.3 Å². The van der Waals surface area contributed by atoms with E-state index in [1.165, 1.54) is 15.9 Å². The molecule has 0 saturated heterocycles. The van der Waals surface area contributed by atoms with E-state index in [-0.39, 0.29) is 11.8 Å². The Labute approximate surface area is 155 Å². The minimum absolute atomic E-state index is 0.0261. The van der Waals surface area contributed by atoms with Crippen molar-refractivity contribution in [2.24, 2.45) is 0 Å². The molecule has 2 N–H and O–H groups in total. The van der Waals surface area contributed by atoms with Crippen LogP contribution in [0.1, 0.15) is 11.1 Å². The molecule has 1 aromatic carbocycles. The first-order valence-electron chi connectivity index (χ1n) is 7.41. The second kappa shape index (κ2) is 5.11. The average Bonchev–Trinajstić information content (AvgIpc) is 3.20. The quantitative estimate of drug-likeness (QED) is 0.456. The van der Waals surface area contributed by atoms with E-state index >= 15 is 0 Å². The highest BCUT2D eigenvalue weighted by atomic mass is 35.5. The van der Waals surface area contributed by atoms with Gasteiger partial charge in [-0.1, -0.05) is 29.3 Å². The van der Waals surface area contributed by atoms with Gasteiger partial charge >= 0.3 is 0 Å². The normalized spacial score (nSPS) is 12.6. The number of fused-ring (bicyclic) bond motifs is 2. The van der Waals surface area contributed by atoms with E-state index in [2.05, 4.69) is 9.97 Å². The van der Waals surface area contributed by atoms with Crippen LogP contribution >= 0.6 is 34.5 Å². The number of aromatic hydroxyl groups is 2. The zero-order chi connectivity index (χ0) is 17.3. The largest absolute Gasteiger partial charge is 0.494 e. The van der Waals surface area contributed by atoms with Crippen molar-refractivity contribution in [3.63, 3.8) is 0 Å². The summed E-state index contributed by atoms with van der Waals surface area (Å²) in [6.45, 7) is 0. The molecule has 3 heterocycles. The zero-order valence-electron chi connectivity index (χ0n) is 12.5. The maximum absolute atomic E-state index is 10.3. The van der Waals surface area contributed by atoms with Crippen LogP contribution in [0.4, 0.5) is 0 Å². The minimum Gasteiger partial charge on any atom is -0.494 e. The molecule has 25 heavy (non-hydrogen) atoms. The molecular weight excluding hydrogens is 381 g/mol. The summed E-state index contributed by atoms with van der Waals surface area (Å²) in [5, 5.41) is 22.3. The second-order valence-electron chi connectivity index (χ2n) is 5.71. The van der Waals surface area contributed by atoms with Gasteiger partial charge in [-0.3, -0.25) is 0 Å². The first-order valence-corrected chi connectivity index (χ1v) is 8.98. The Morgan fingerprint density at radius 3 is 2.40 bits per heavy atom. The summed E-state index contributed by atoms with van der Waals surface area (Å²) in [6.07, 6.45) is 2.21. The fourth-order valence-electron chi connectivity index (χ4n) is 2.94. The Hall–Kier alpha value is -2.28. The predicted octanol–water partition coefficient (Wildman–Crippen LogP) is 4.77. The average molecular weight is 390 g/mol. The Balaban J connectivity index is 1.77. The van der Waals surface area contributed by atoms with E-state index < -0.39 is 0 Å². The van der Waals surface area contributed by atoms with Crippen molar-refractivity contribution >= 4 is 44.8 Å². The van der Waals surface area contributed by atoms with Gasteiger partial charge in [0.25, 0.3) is 0 Å². The second-order valence-corrected chi connectivity index (χ2v) is 7.53. The summed E-state index contributed by atoms with van der Waals surface area (Å²) in [5.41, 5.74) is 2.87. The monoisotopic (exact) mass is 389 g/mol. The van der Waals surface area contributed by atoms with Crippen LogP contribution in [0, 0.1) is 0 Å². The molecule has 1 aliphatic rings. The fraction of sp³-hybridized carbons (Fsp3) is 0.0588. The number of halogens is 2. The molecule has 0 unspecified atom stereocenters. The van der Waals surface area contributed by atoms with Gasteiger partial charge in [-0.15, -0.1) is 11.3 Å². The molecule has 4 aromatic rings. The molecule has 8 heteroatoms. The molecule has 0 atom stereocenters. The van der Waals surface area contributed by atoms with Gasteiger partial charge in [0.05, 0.1) is 20.3 Å². The van der Waals surface area contributed by atoms with E-state index in [1.807, 2.05) is 0 Å². The Bertz CT molecular complexity index is 1140. The third-order valence-electron chi connectivity index (χ3n) is 4.23.